The van der Waals surface area contributed by atoms with Crippen molar-refractivity contribution in [1.29, 1.82) is 0 Å². The molecule has 0 aromatic heterocycles. The number of halogens is 3. The van der Waals surface area contributed by atoms with Crippen molar-refractivity contribution in [3.8, 4) is 0 Å². The Labute approximate surface area is 174 Å². The van der Waals surface area contributed by atoms with Crippen LogP contribution < -0.4 is 15.1 Å². The predicted octanol–water partition coefficient (Wildman–Crippen LogP) is 5.21. The van der Waals surface area contributed by atoms with E-state index < -0.39 is 12.1 Å². The van der Waals surface area contributed by atoms with Crippen molar-refractivity contribution in [3.05, 3.63) is 48.0 Å². The molecule has 1 saturated heterocycles. The summed E-state index contributed by atoms with van der Waals surface area (Å²) in [5, 5.41) is 3.36. The van der Waals surface area contributed by atoms with Gasteiger partial charge in [-0.1, -0.05) is 0 Å². The van der Waals surface area contributed by atoms with Crippen LogP contribution in [0.25, 0.3) is 0 Å². The third-order valence-corrected chi connectivity index (χ3v) is 5.94. The molecule has 8 heteroatoms. The molecule has 2 heterocycles. The first-order valence-corrected chi connectivity index (χ1v) is 10.0. The van der Waals surface area contributed by atoms with Crippen LogP contribution in [0.5, 0.6) is 0 Å². The van der Waals surface area contributed by atoms with Gasteiger partial charge in [0.2, 0.25) is 0 Å². The molecule has 1 N–H and O–H groups in total. The van der Waals surface area contributed by atoms with Gasteiger partial charge in [-0.15, -0.1) is 0 Å². The zero-order valence-electron chi connectivity index (χ0n) is 17.0. The zero-order chi connectivity index (χ0) is 21.5. The number of hydrogen-bond acceptors (Lipinski definition) is 3. The highest BCUT2D eigenvalue weighted by molar-refractivity contribution is 5.94. The first-order chi connectivity index (χ1) is 14.2. The Hall–Kier alpha value is -2.90. The van der Waals surface area contributed by atoms with E-state index >= 15 is 0 Å². The number of carbonyl (C=O) groups is 1. The molecule has 30 heavy (non-hydrogen) atoms. The predicted molar refractivity (Wildman–Crippen MR) is 112 cm³/mol. The summed E-state index contributed by atoms with van der Waals surface area (Å²) in [5.41, 5.74) is 4.73. The van der Waals surface area contributed by atoms with Crippen molar-refractivity contribution in [2.45, 2.75) is 25.6 Å². The van der Waals surface area contributed by atoms with E-state index in [0.29, 0.717) is 19.6 Å². The second-order valence-corrected chi connectivity index (χ2v) is 8.02. The van der Waals surface area contributed by atoms with E-state index in [1.807, 2.05) is 47.4 Å². The van der Waals surface area contributed by atoms with Gasteiger partial charge in [0.1, 0.15) is 0 Å². The number of rotatable bonds is 3. The largest absolute Gasteiger partial charge is 0.391 e. The maximum absolute atomic E-state index is 12.8. The van der Waals surface area contributed by atoms with Gasteiger partial charge in [-0.3, -0.25) is 4.90 Å². The number of benzene rings is 2. The Bertz CT molecular complexity index is 921. The van der Waals surface area contributed by atoms with E-state index in [1.54, 1.807) is 23.9 Å². The molecular weight excluding hydrogens is 393 g/mol. The molecule has 0 radical (unpaired) electrons. The first kappa shape index (κ1) is 20.4. The lowest BCUT2D eigenvalue weighted by atomic mass is 9.96. The molecule has 0 unspecified atom stereocenters. The van der Waals surface area contributed by atoms with Gasteiger partial charge in [-0.2, -0.15) is 13.2 Å². The summed E-state index contributed by atoms with van der Waals surface area (Å²) in [5.74, 6) is -1.19. The van der Waals surface area contributed by atoms with Gasteiger partial charge < -0.3 is 15.1 Å². The maximum Gasteiger partial charge on any atom is 0.391 e. The molecule has 2 aliphatic rings. The molecule has 0 aliphatic carbocycles. The van der Waals surface area contributed by atoms with Gasteiger partial charge in [0.15, 0.2) is 0 Å². The van der Waals surface area contributed by atoms with Crippen LogP contribution >= 0.6 is 0 Å². The Morgan fingerprint density at radius 3 is 2.23 bits per heavy atom. The summed E-state index contributed by atoms with van der Waals surface area (Å²) in [4.78, 5) is 17.4. The maximum atomic E-state index is 12.8. The minimum atomic E-state index is -4.09. The van der Waals surface area contributed by atoms with Gasteiger partial charge >= 0.3 is 12.2 Å². The van der Waals surface area contributed by atoms with Crippen molar-refractivity contribution in [1.82, 2.24) is 4.90 Å². The summed E-state index contributed by atoms with van der Waals surface area (Å²) in [6, 6.07) is 13.6. The van der Waals surface area contributed by atoms with Crippen LogP contribution in [-0.2, 0) is 6.54 Å². The fourth-order valence-corrected chi connectivity index (χ4v) is 4.19. The lowest BCUT2D eigenvalue weighted by Crippen LogP contribution is -2.42. The topological polar surface area (TPSA) is 38.8 Å². The van der Waals surface area contributed by atoms with Gasteiger partial charge in [-0.25, -0.2) is 4.79 Å². The monoisotopic (exact) mass is 418 g/mol. The number of fused-ring (bicyclic) bond motifs is 1. The molecule has 160 valence electrons. The highest BCUT2D eigenvalue weighted by atomic mass is 19.4. The summed E-state index contributed by atoms with van der Waals surface area (Å²) >= 11 is 0. The molecule has 2 amide bonds. The first-order valence-electron chi connectivity index (χ1n) is 10.0. The summed E-state index contributed by atoms with van der Waals surface area (Å²) < 4.78 is 38.5. The van der Waals surface area contributed by atoms with Crippen molar-refractivity contribution in [2.24, 2.45) is 5.92 Å². The summed E-state index contributed by atoms with van der Waals surface area (Å²) in [6.45, 7) is 1.39. The molecule has 2 aromatic rings. The molecule has 5 nitrogen and oxygen atoms in total. The molecule has 0 bridgehead atoms. The van der Waals surface area contributed by atoms with Crippen molar-refractivity contribution in [3.63, 3.8) is 0 Å². The van der Waals surface area contributed by atoms with E-state index in [-0.39, 0.29) is 18.9 Å². The summed E-state index contributed by atoms with van der Waals surface area (Å²) in [6.07, 6.45) is -3.81. The number of carbonyl (C=O) groups excluding carboxylic acids is 1. The molecule has 0 spiro atoms. The second kappa shape index (κ2) is 7.74. The number of piperidine rings is 1. The van der Waals surface area contributed by atoms with Crippen molar-refractivity contribution in [2.75, 3.05) is 42.3 Å². The van der Waals surface area contributed by atoms with Crippen LogP contribution in [0.3, 0.4) is 0 Å². The van der Waals surface area contributed by atoms with E-state index in [0.717, 1.165) is 28.3 Å². The summed E-state index contributed by atoms with van der Waals surface area (Å²) in [7, 11) is 3.54. The molecule has 1 fully saturated rings. The van der Waals surface area contributed by atoms with Gasteiger partial charge in [0.25, 0.3) is 0 Å². The van der Waals surface area contributed by atoms with E-state index in [1.165, 1.54) is 0 Å². The highest BCUT2D eigenvalue weighted by Crippen LogP contribution is 2.36. The molecule has 0 saturated carbocycles. The van der Waals surface area contributed by atoms with Crippen LogP contribution in [0.4, 0.5) is 40.7 Å². The second-order valence-electron chi connectivity index (χ2n) is 8.02. The van der Waals surface area contributed by atoms with Crippen molar-refractivity contribution >= 4 is 28.8 Å². The fraction of sp³-hybridized carbons (Fsp3) is 0.409. The number of urea groups is 1. The Morgan fingerprint density at radius 2 is 1.60 bits per heavy atom. The molecule has 2 aromatic carbocycles. The van der Waals surface area contributed by atoms with E-state index in [9.17, 15) is 18.0 Å². The molecule has 2 aliphatic heterocycles. The highest BCUT2D eigenvalue weighted by Gasteiger charge is 2.41. The minimum Gasteiger partial charge on any atom is -0.372 e. The van der Waals surface area contributed by atoms with Crippen LogP contribution in [-0.4, -0.2) is 44.3 Å². The quantitative estimate of drug-likeness (QED) is 0.744. The van der Waals surface area contributed by atoms with E-state index in [4.69, 9.17) is 0 Å². The number of nitrogens with one attached hydrogen (secondary N) is 1. The van der Waals surface area contributed by atoms with Gasteiger partial charge in [0, 0.05) is 50.8 Å². The smallest absolute Gasteiger partial charge is 0.372 e. The normalized spacial score (nSPS) is 17.9. The molecule has 4 rings (SSSR count). The average molecular weight is 418 g/mol. The molecule has 0 atom stereocenters. The number of alkyl halides is 3. The number of nitrogens with zero attached hydrogens (tertiary/aromatic N) is 3. The lowest BCUT2D eigenvalue weighted by Gasteiger charge is -2.34. The lowest BCUT2D eigenvalue weighted by molar-refractivity contribution is -0.179. The minimum absolute atomic E-state index is 0.0296. The van der Waals surface area contributed by atoms with Crippen molar-refractivity contribution < 1.29 is 18.0 Å². The number of amides is 2. The van der Waals surface area contributed by atoms with Gasteiger partial charge in [0.05, 0.1) is 11.6 Å². The number of anilines is 4. The van der Waals surface area contributed by atoms with Crippen LogP contribution in [0.15, 0.2) is 42.5 Å². The van der Waals surface area contributed by atoms with E-state index in [2.05, 4.69) is 5.32 Å². The van der Waals surface area contributed by atoms with Crippen LogP contribution in [0.2, 0.25) is 0 Å². The third-order valence-electron chi connectivity index (χ3n) is 5.94. The zero-order valence-corrected chi connectivity index (χ0v) is 17.0. The van der Waals surface area contributed by atoms with Crippen LogP contribution in [0.1, 0.15) is 18.4 Å². The third kappa shape index (κ3) is 4.04. The SMILES string of the molecule is CN1Cc2cc(Nc3ccc(N4CCC(C(F)(F)F)CC4)cc3)ccc2N(C)C1=O. The van der Waals surface area contributed by atoms with Crippen LogP contribution in [0, 0.1) is 5.92 Å². The Kier molecular flexibility index (Phi) is 5.26. The Morgan fingerprint density at radius 1 is 0.967 bits per heavy atom. The molecular formula is C22H25F3N4O. The fourth-order valence-electron chi connectivity index (χ4n) is 4.19. The number of hydrogen-bond donors (Lipinski definition) is 1. The Balaban J connectivity index is 1.41. The van der Waals surface area contributed by atoms with Gasteiger partial charge in [-0.05, 0) is 60.9 Å². The standard InChI is InChI=1S/C22H25F3N4O/c1-27-14-15-13-18(5-8-20(15)28(2)21(27)30)26-17-3-6-19(7-4-17)29-11-9-16(10-12-29)22(23,24)25/h3-8,13,16,26H,9-12,14H2,1-2H3. The average Bonchev–Trinajstić information content (AvgIpc) is 2.72.